The summed E-state index contributed by atoms with van der Waals surface area (Å²) in [6.45, 7) is 6.02. The number of likely N-dealkylation sites (N-methyl/N-ethyl adjacent to an activating group) is 1. The Kier molecular flexibility index (Phi) is 9.00. The van der Waals surface area contributed by atoms with Crippen molar-refractivity contribution in [3.05, 3.63) is 63.7 Å². The van der Waals surface area contributed by atoms with E-state index in [-0.39, 0.29) is 42.2 Å². The van der Waals surface area contributed by atoms with E-state index in [0.717, 1.165) is 11.1 Å². The molecule has 9 heteroatoms. The second-order valence-corrected chi connectivity index (χ2v) is 7.21. The number of nitro groups is 1. The van der Waals surface area contributed by atoms with Gasteiger partial charge in [0, 0.05) is 25.2 Å². The fraction of sp³-hybridized carbons (Fsp3) is 0.391. The first-order valence-corrected chi connectivity index (χ1v) is 10.4. The Labute approximate surface area is 187 Å². The summed E-state index contributed by atoms with van der Waals surface area (Å²) < 4.78 is 10.6. The molecule has 1 atom stereocenters. The Bertz CT molecular complexity index is 945. The van der Waals surface area contributed by atoms with Crippen LogP contribution in [0.1, 0.15) is 31.4 Å². The molecule has 2 rings (SSSR count). The summed E-state index contributed by atoms with van der Waals surface area (Å²) in [7, 11) is 1.32. The summed E-state index contributed by atoms with van der Waals surface area (Å²) in [5.41, 5.74) is 1.79. The molecule has 0 bridgehead atoms. The predicted octanol–water partition coefficient (Wildman–Crippen LogP) is 3.23. The molecule has 0 unspecified atom stereocenters. The number of hydrogen-bond acceptors (Lipinski definition) is 6. The van der Waals surface area contributed by atoms with Gasteiger partial charge in [0.1, 0.15) is 11.8 Å². The van der Waals surface area contributed by atoms with E-state index in [0.29, 0.717) is 13.0 Å². The molecule has 0 radical (unpaired) electrons. The van der Waals surface area contributed by atoms with E-state index in [4.69, 9.17) is 9.47 Å². The normalized spacial score (nSPS) is 11.4. The van der Waals surface area contributed by atoms with Crippen molar-refractivity contribution in [3.8, 4) is 11.5 Å². The Balaban J connectivity index is 2.22. The van der Waals surface area contributed by atoms with Crippen LogP contribution in [0.2, 0.25) is 0 Å². The van der Waals surface area contributed by atoms with Crippen molar-refractivity contribution < 1.29 is 24.0 Å². The van der Waals surface area contributed by atoms with E-state index < -0.39 is 11.0 Å². The molecule has 0 heterocycles. The highest BCUT2D eigenvalue weighted by atomic mass is 16.6. The van der Waals surface area contributed by atoms with Crippen LogP contribution in [0.25, 0.3) is 0 Å². The number of carbonyl (C=O) groups excluding carboxylic acids is 2. The fourth-order valence-electron chi connectivity index (χ4n) is 3.23. The number of benzene rings is 2. The molecule has 2 aromatic rings. The molecule has 2 amide bonds. The number of nitro benzene ring substituents is 1. The molecular formula is C23H29N3O6. The van der Waals surface area contributed by atoms with Crippen molar-refractivity contribution >= 4 is 17.5 Å². The Morgan fingerprint density at radius 2 is 1.84 bits per heavy atom. The minimum absolute atomic E-state index is 0.0326. The molecule has 1 N–H and O–H groups in total. The summed E-state index contributed by atoms with van der Waals surface area (Å²) in [6.07, 6.45) is 0.439. The van der Waals surface area contributed by atoms with E-state index in [2.05, 4.69) is 5.32 Å². The Hall–Kier alpha value is -3.62. The fourth-order valence-corrected chi connectivity index (χ4v) is 3.23. The average Bonchev–Trinajstić information content (AvgIpc) is 2.78. The number of methoxy groups -OCH3 is 1. The highest BCUT2D eigenvalue weighted by Crippen LogP contribution is 2.30. The minimum atomic E-state index is -0.654. The van der Waals surface area contributed by atoms with Crippen LogP contribution in [-0.4, -0.2) is 47.9 Å². The van der Waals surface area contributed by atoms with Crippen molar-refractivity contribution in [2.24, 2.45) is 0 Å². The van der Waals surface area contributed by atoms with Crippen LogP contribution >= 0.6 is 0 Å². The molecule has 2 aromatic carbocycles. The van der Waals surface area contributed by atoms with Gasteiger partial charge in [-0.1, -0.05) is 36.8 Å². The van der Waals surface area contributed by atoms with Crippen LogP contribution in [0, 0.1) is 17.0 Å². The van der Waals surface area contributed by atoms with Gasteiger partial charge in [-0.25, -0.2) is 0 Å². The lowest BCUT2D eigenvalue weighted by Gasteiger charge is -2.30. The Morgan fingerprint density at radius 1 is 1.16 bits per heavy atom. The van der Waals surface area contributed by atoms with Crippen LogP contribution in [0.15, 0.2) is 42.5 Å². The van der Waals surface area contributed by atoms with Gasteiger partial charge in [0.25, 0.3) is 5.91 Å². The third kappa shape index (κ3) is 6.44. The summed E-state index contributed by atoms with van der Waals surface area (Å²) in [6, 6.07) is 11.1. The van der Waals surface area contributed by atoms with Gasteiger partial charge in [-0.15, -0.1) is 0 Å². The molecule has 0 spiro atoms. The molecule has 0 saturated heterocycles. The first-order valence-electron chi connectivity index (χ1n) is 10.4. The van der Waals surface area contributed by atoms with Gasteiger partial charge >= 0.3 is 5.69 Å². The third-order valence-electron chi connectivity index (χ3n) is 4.92. The number of amides is 2. The topological polar surface area (TPSA) is 111 Å². The maximum Gasteiger partial charge on any atom is 0.311 e. The molecule has 9 nitrogen and oxygen atoms in total. The molecule has 0 aromatic heterocycles. The van der Waals surface area contributed by atoms with Crippen molar-refractivity contribution in [2.75, 3.05) is 20.3 Å². The van der Waals surface area contributed by atoms with E-state index in [1.807, 2.05) is 45.0 Å². The highest BCUT2D eigenvalue weighted by Gasteiger charge is 2.28. The monoisotopic (exact) mass is 443 g/mol. The van der Waals surface area contributed by atoms with E-state index in [1.54, 1.807) is 0 Å². The maximum atomic E-state index is 13.1. The zero-order valence-electron chi connectivity index (χ0n) is 18.8. The quantitative estimate of drug-likeness (QED) is 0.422. The Morgan fingerprint density at radius 3 is 2.41 bits per heavy atom. The second kappa shape index (κ2) is 11.7. The van der Waals surface area contributed by atoms with Gasteiger partial charge < -0.3 is 19.7 Å². The molecule has 0 aliphatic rings. The SMILES string of the molecule is CCNC(=O)[C@@H](CC)N(Cc1ccc(C)cc1)C(=O)COc1ccc([N+](=O)[O-])c(OC)c1. The van der Waals surface area contributed by atoms with Gasteiger partial charge in [-0.3, -0.25) is 19.7 Å². The van der Waals surface area contributed by atoms with Crippen molar-refractivity contribution in [2.45, 2.75) is 39.8 Å². The van der Waals surface area contributed by atoms with Crippen molar-refractivity contribution in [3.63, 3.8) is 0 Å². The molecule has 0 aliphatic heterocycles. The first kappa shape index (κ1) is 24.6. The summed E-state index contributed by atoms with van der Waals surface area (Å²) in [5, 5.41) is 13.8. The largest absolute Gasteiger partial charge is 0.490 e. The number of nitrogens with one attached hydrogen (secondary N) is 1. The minimum Gasteiger partial charge on any atom is -0.490 e. The van der Waals surface area contributed by atoms with Crippen LogP contribution in [-0.2, 0) is 16.1 Å². The lowest BCUT2D eigenvalue weighted by Crippen LogP contribution is -2.50. The standard InChI is InChI=1S/C23H29N3O6/c1-5-19(23(28)24-6-2)25(14-17-9-7-16(3)8-10-17)22(27)15-32-18-11-12-20(26(29)30)21(13-18)31-4/h7-13,19H,5-6,14-15H2,1-4H3,(H,24,28)/t19-/m1/s1. The lowest BCUT2D eigenvalue weighted by molar-refractivity contribution is -0.385. The molecule has 0 saturated carbocycles. The molecular weight excluding hydrogens is 414 g/mol. The van der Waals surface area contributed by atoms with E-state index >= 15 is 0 Å². The van der Waals surface area contributed by atoms with Crippen LogP contribution in [0.5, 0.6) is 11.5 Å². The number of carbonyl (C=O) groups is 2. The number of rotatable bonds is 11. The van der Waals surface area contributed by atoms with E-state index in [9.17, 15) is 19.7 Å². The second-order valence-electron chi connectivity index (χ2n) is 7.21. The van der Waals surface area contributed by atoms with Gasteiger partial charge in [0.2, 0.25) is 11.7 Å². The number of ether oxygens (including phenoxy) is 2. The predicted molar refractivity (Wildman–Crippen MR) is 120 cm³/mol. The van der Waals surface area contributed by atoms with Gasteiger partial charge in [0.15, 0.2) is 6.61 Å². The van der Waals surface area contributed by atoms with Gasteiger partial charge in [0.05, 0.1) is 12.0 Å². The smallest absolute Gasteiger partial charge is 0.311 e. The summed E-state index contributed by atoms with van der Waals surface area (Å²) in [4.78, 5) is 37.7. The third-order valence-corrected chi connectivity index (χ3v) is 4.92. The van der Waals surface area contributed by atoms with Crippen LogP contribution in [0.4, 0.5) is 5.69 Å². The highest BCUT2D eigenvalue weighted by molar-refractivity contribution is 5.88. The number of hydrogen-bond donors (Lipinski definition) is 1. The zero-order chi connectivity index (χ0) is 23.7. The lowest BCUT2D eigenvalue weighted by atomic mass is 10.1. The number of nitrogens with zero attached hydrogens (tertiary/aromatic N) is 2. The summed E-state index contributed by atoms with van der Waals surface area (Å²) >= 11 is 0. The van der Waals surface area contributed by atoms with Crippen molar-refractivity contribution in [1.29, 1.82) is 0 Å². The molecule has 32 heavy (non-hydrogen) atoms. The molecule has 0 fully saturated rings. The van der Waals surface area contributed by atoms with E-state index in [1.165, 1.54) is 30.2 Å². The van der Waals surface area contributed by atoms with Crippen LogP contribution < -0.4 is 14.8 Å². The first-order chi connectivity index (χ1) is 15.3. The van der Waals surface area contributed by atoms with Crippen molar-refractivity contribution in [1.82, 2.24) is 10.2 Å². The molecule has 172 valence electrons. The van der Waals surface area contributed by atoms with Gasteiger partial charge in [-0.05, 0) is 31.9 Å². The van der Waals surface area contributed by atoms with Crippen LogP contribution in [0.3, 0.4) is 0 Å². The summed E-state index contributed by atoms with van der Waals surface area (Å²) in [5.74, 6) is -0.319. The average molecular weight is 444 g/mol. The van der Waals surface area contributed by atoms with Gasteiger partial charge in [-0.2, -0.15) is 0 Å². The number of aryl methyl sites for hydroxylation is 1. The molecule has 0 aliphatic carbocycles. The zero-order valence-corrected chi connectivity index (χ0v) is 18.8. The maximum absolute atomic E-state index is 13.1.